The van der Waals surface area contributed by atoms with Crippen molar-refractivity contribution in [1.82, 2.24) is 0 Å². The minimum atomic E-state index is -1.67. The Kier molecular flexibility index (Phi) is 19.2. The van der Waals surface area contributed by atoms with Crippen molar-refractivity contribution in [2.75, 3.05) is 13.2 Å². The number of ether oxygens (including phenoxy) is 6. The van der Waals surface area contributed by atoms with Gasteiger partial charge in [0.05, 0.1) is 0 Å². The second-order valence-corrected chi connectivity index (χ2v) is 9.81. The van der Waals surface area contributed by atoms with Crippen molar-refractivity contribution in [3.05, 3.63) is 36.6 Å². The third kappa shape index (κ3) is 13.7. The standard InChI is InChI=1S/C30H48N2O12/c1-11-21(33)41-19(15-39-29(37)25(31-9)17(5)6)27(43-23(35)13-3)28(44-24(36)14-4)20(42-22(34)12-2)16-40-30(38)26(32-10)18(7)8/h19-20,27-28H,9-16,31-32H2,1-8H3. The molecule has 0 aromatic rings. The molecule has 250 valence electrons. The summed E-state index contributed by atoms with van der Waals surface area (Å²) in [6.45, 7) is 11.4. The van der Waals surface area contributed by atoms with Gasteiger partial charge >= 0.3 is 35.8 Å². The summed E-state index contributed by atoms with van der Waals surface area (Å²) < 4.78 is 33.1. The van der Waals surface area contributed by atoms with E-state index in [1.54, 1.807) is 27.7 Å². The number of nitrogens with two attached hydrogens (primary N) is 2. The van der Waals surface area contributed by atoms with Crippen molar-refractivity contribution >= 4 is 35.8 Å². The highest BCUT2D eigenvalue weighted by Crippen LogP contribution is 2.22. The van der Waals surface area contributed by atoms with Crippen molar-refractivity contribution in [3.8, 4) is 0 Å². The summed E-state index contributed by atoms with van der Waals surface area (Å²) >= 11 is 0. The van der Waals surface area contributed by atoms with Crippen molar-refractivity contribution in [3.63, 3.8) is 0 Å². The molecule has 0 saturated carbocycles. The molecule has 0 fully saturated rings. The van der Waals surface area contributed by atoms with Crippen molar-refractivity contribution in [2.45, 2.75) is 105 Å². The topological polar surface area (TPSA) is 191 Å². The molecule has 0 aliphatic carbocycles. The van der Waals surface area contributed by atoms with Crippen LogP contribution < -0.4 is 10.6 Å². The molecule has 0 heterocycles. The Labute approximate surface area is 259 Å². The summed E-state index contributed by atoms with van der Waals surface area (Å²) in [7, 11) is 7.20. The maximum absolute atomic E-state index is 12.8. The van der Waals surface area contributed by atoms with E-state index in [0.29, 0.717) is 11.1 Å². The van der Waals surface area contributed by atoms with Gasteiger partial charge in [0, 0.05) is 25.7 Å². The minimum Gasteiger partial charge on any atom is -0.455 e. The lowest BCUT2D eigenvalue weighted by Crippen LogP contribution is -2.77. The Morgan fingerprint density at radius 2 is 0.795 bits per heavy atom. The van der Waals surface area contributed by atoms with Gasteiger partial charge in [-0.3, -0.25) is 19.2 Å². The van der Waals surface area contributed by atoms with Gasteiger partial charge in [-0.15, -0.1) is 14.1 Å². The number of esters is 6. The average Bonchev–Trinajstić information content (AvgIpc) is 2.98. The van der Waals surface area contributed by atoms with Crippen molar-refractivity contribution < 1.29 is 67.8 Å². The Morgan fingerprint density at radius 1 is 0.523 bits per heavy atom. The van der Waals surface area contributed by atoms with E-state index in [1.165, 1.54) is 38.3 Å². The first-order valence-electron chi connectivity index (χ1n) is 14.4. The average molecular weight is 629 g/mol. The second kappa shape index (κ2) is 21.0. The van der Waals surface area contributed by atoms with Gasteiger partial charge in [-0.25, -0.2) is 9.59 Å². The normalized spacial score (nSPS) is 13.2. The third-order valence-corrected chi connectivity index (χ3v) is 5.99. The first-order chi connectivity index (χ1) is 20.7. The molecule has 14 nitrogen and oxygen atoms in total. The molecular formula is C30H48N2O12. The molecule has 4 atom stereocenters. The lowest BCUT2D eigenvalue weighted by atomic mass is 10.0. The molecule has 44 heavy (non-hydrogen) atoms. The zero-order valence-corrected chi connectivity index (χ0v) is 27.0. The molecule has 0 bridgehead atoms. The first-order valence-corrected chi connectivity index (χ1v) is 14.4. The predicted molar refractivity (Wildman–Crippen MR) is 154 cm³/mol. The van der Waals surface area contributed by atoms with Crippen LogP contribution in [0.1, 0.15) is 81.1 Å². The summed E-state index contributed by atoms with van der Waals surface area (Å²) in [4.78, 5) is 75.9. The summed E-state index contributed by atoms with van der Waals surface area (Å²) in [5.74, 6) is -4.73. The first kappa shape index (κ1) is 40.2. The van der Waals surface area contributed by atoms with Crippen molar-refractivity contribution in [2.24, 2.45) is 0 Å². The molecule has 14 heteroatoms. The predicted octanol–water partition coefficient (Wildman–Crippen LogP) is 0.658. The van der Waals surface area contributed by atoms with Crippen LogP contribution in [0.3, 0.4) is 0 Å². The second-order valence-electron chi connectivity index (χ2n) is 9.81. The molecule has 0 spiro atoms. The number of rotatable bonds is 19. The summed E-state index contributed by atoms with van der Waals surface area (Å²) in [6, 6.07) is 0. The van der Waals surface area contributed by atoms with Crippen LogP contribution in [0.2, 0.25) is 0 Å². The highest BCUT2D eigenvalue weighted by atomic mass is 16.6. The van der Waals surface area contributed by atoms with Crippen LogP contribution in [-0.2, 0) is 57.2 Å². The quantitative estimate of drug-likeness (QED) is 0.0880. The molecule has 0 saturated heterocycles. The van der Waals surface area contributed by atoms with E-state index in [4.69, 9.17) is 28.4 Å². The maximum atomic E-state index is 12.8. The zero-order valence-electron chi connectivity index (χ0n) is 27.0. The fourth-order valence-electron chi connectivity index (χ4n) is 3.53. The van der Waals surface area contributed by atoms with Gasteiger partial charge in [0.25, 0.3) is 0 Å². The Hall–Kier alpha value is -3.78. The van der Waals surface area contributed by atoms with Gasteiger partial charge in [-0.2, -0.15) is 0 Å². The molecule has 0 aliphatic rings. The number of carbonyl (C=O) groups is 6. The SMILES string of the molecule is [CH2-][NH2+]C(C(=O)OCC(OC(=O)CC)C(OC(=O)CC)C(OC(=O)CC)C(COC(=O)C([NH2+][CH2-])=C(C)C)OC(=O)CC)=C(C)C. The number of hydrogen-bond acceptors (Lipinski definition) is 12. The molecular weight excluding hydrogens is 580 g/mol. The highest BCUT2D eigenvalue weighted by molar-refractivity contribution is 5.86. The number of quaternary nitrogens is 2. The van der Waals surface area contributed by atoms with Gasteiger partial charge in [-0.1, -0.05) is 27.7 Å². The van der Waals surface area contributed by atoms with E-state index in [9.17, 15) is 28.8 Å². The van der Waals surface area contributed by atoms with E-state index in [-0.39, 0.29) is 37.1 Å². The molecule has 4 N–H and O–H groups in total. The van der Waals surface area contributed by atoms with E-state index < -0.39 is 73.4 Å². The smallest absolute Gasteiger partial charge is 0.390 e. The largest absolute Gasteiger partial charge is 0.455 e. The highest BCUT2D eigenvalue weighted by Gasteiger charge is 2.45. The Bertz CT molecular complexity index is 990. The monoisotopic (exact) mass is 628 g/mol. The van der Waals surface area contributed by atoms with Crippen LogP contribution in [0.15, 0.2) is 22.5 Å². The van der Waals surface area contributed by atoms with Crippen molar-refractivity contribution in [1.29, 1.82) is 0 Å². The molecule has 0 amide bonds. The van der Waals surface area contributed by atoms with Crippen LogP contribution in [0.4, 0.5) is 0 Å². The molecule has 4 unspecified atom stereocenters. The number of carbonyl (C=O) groups excluding carboxylic acids is 6. The lowest BCUT2D eigenvalue weighted by Gasteiger charge is -2.35. The van der Waals surface area contributed by atoms with Crippen LogP contribution in [0, 0.1) is 14.1 Å². The fourth-order valence-corrected chi connectivity index (χ4v) is 3.53. The van der Waals surface area contributed by atoms with Crippen LogP contribution in [0.5, 0.6) is 0 Å². The summed E-state index contributed by atoms with van der Waals surface area (Å²) in [6.07, 6.45) is -6.93. The van der Waals surface area contributed by atoms with Crippen LogP contribution >= 0.6 is 0 Å². The van der Waals surface area contributed by atoms with E-state index in [2.05, 4.69) is 14.1 Å². The van der Waals surface area contributed by atoms with Gasteiger partial charge in [-0.05, 0) is 38.8 Å². The molecule has 0 aromatic carbocycles. The molecule has 0 rings (SSSR count). The van der Waals surface area contributed by atoms with Crippen LogP contribution in [-0.4, -0.2) is 73.4 Å². The van der Waals surface area contributed by atoms with Gasteiger partial charge in [0.15, 0.2) is 35.8 Å². The Morgan fingerprint density at radius 3 is 1.02 bits per heavy atom. The lowest BCUT2D eigenvalue weighted by molar-refractivity contribution is -0.539. The van der Waals surface area contributed by atoms with E-state index in [1.807, 2.05) is 0 Å². The number of allylic oxidation sites excluding steroid dienone is 2. The van der Waals surface area contributed by atoms with Gasteiger partial charge < -0.3 is 39.1 Å². The third-order valence-electron chi connectivity index (χ3n) is 5.99. The zero-order chi connectivity index (χ0) is 34.0. The van der Waals surface area contributed by atoms with Gasteiger partial charge in [0.2, 0.25) is 0 Å². The summed E-state index contributed by atoms with van der Waals surface area (Å²) in [5.41, 5.74) is 1.50. The minimum absolute atomic E-state index is 0.108. The van der Waals surface area contributed by atoms with E-state index in [0.717, 1.165) is 0 Å². The molecule has 0 radical (unpaired) electrons. The molecule has 0 aliphatic heterocycles. The van der Waals surface area contributed by atoms with Gasteiger partial charge in [0.1, 0.15) is 13.2 Å². The van der Waals surface area contributed by atoms with Crippen LogP contribution in [0.25, 0.3) is 0 Å². The summed E-state index contributed by atoms with van der Waals surface area (Å²) in [5, 5.41) is 2.59. The van der Waals surface area contributed by atoms with E-state index >= 15 is 0 Å². The Balaban J connectivity index is 7.01. The fraction of sp³-hybridized carbons (Fsp3) is 0.600. The maximum Gasteiger partial charge on any atom is 0.390 e. The number of hydrogen-bond donors (Lipinski definition) is 2. The molecule has 0 aromatic heterocycles.